The molecule has 1 nitrogen and oxygen atoms in total. The Morgan fingerprint density at radius 2 is 1.86 bits per heavy atom. The SMILES string of the molecule is C[n+]1ccc2ccccc2c1S[C@@H]1CC[C@@H]2C[C@@H]3C[C@@H]2[C@@H]1C3. The number of fused-ring (bicyclic) bond motifs is 2. The molecule has 1 aromatic carbocycles. The Kier molecular flexibility index (Phi) is 3.04. The van der Waals surface area contributed by atoms with Crippen molar-refractivity contribution in [2.24, 2.45) is 30.7 Å². The minimum absolute atomic E-state index is 0.851. The summed E-state index contributed by atoms with van der Waals surface area (Å²) in [7, 11) is 2.21. The van der Waals surface area contributed by atoms with Crippen molar-refractivity contribution in [3.8, 4) is 0 Å². The Hall–Kier alpha value is -1.02. The summed E-state index contributed by atoms with van der Waals surface area (Å²) in [4.78, 5) is 0. The molecular formula is C20H24NS+. The van der Waals surface area contributed by atoms with Crippen LogP contribution in [0.5, 0.6) is 0 Å². The number of hydrogen-bond acceptors (Lipinski definition) is 1. The summed E-state index contributed by atoms with van der Waals surface area (Å²) in [5.74, 6) is 4.23. The van der Waals surface area contributed by atoms with Gasteiger partial charge in [-0.15, -0.1) is 0 Å². The highest BCUT2D eigenvalue weighted by atomic mass is 32.2. The zero-order chi connectivity index (χ0) is 14.7. The van der Waals surface area contributed by atoms with Gasteiger partial charge in [-0.1, -0.05) is 30.0 Å². The van der Waals surface area contributed by atoms with E-state index in [9.17, 15) is 0 Å². The molecule has 1 heterocycles. The van der Waals surface area contributed by atoms with E-state index in [0.29, 0.717) is 0 Å². The first-order valence-corrected chi connectivity index (χ1v) is 9.71. The lowest BCUT2D eigenvalue weighted by atomic mass is 9.71. The van der Waals surface area contributed by atoms with Gasteiger partial charge in [0.15, 0.2) is 6.20 Å². The molecule has 2 heteroatoms. The lowest BCUT2D eigenvalue weighted by Crippen LogP contribution is -2.37. The number of rotatable bonds is 2. The van der Waals surface area contributed by atoms with Crippen LogP contribution in [0.2, 0.25) is 0 Å². The first-order valence-electron chi connectivity index (χ1n) is 8.83. The summed E-state index contributed by atoms with van der Waals surface area (Å²) >= 11 is 2.18. The lowest BCUT2D eigenvalue weighted by Gasteiger charge is -2.40. The normalized spacial score (nSPS) is 36.1. The summed E-state index contributed by atoms with van der Waals surface area (Å²) in [5, 5.41) is 5.14. The highest BCUT2D eigenvalue weighted by Gasteiger charge is 2.51. The van der Waals surface area contributed by atoms with Crippen LogP contribution in [0.25, 0.3) is 10.8 Å². The number of nitrogens with zero attached hydrogens (tertiary/aromatic N) is 1. The third kappa shape index (κ3) is 1.96. The molecule has 3 aliphatic rings. The molecule has 3 aliphatic carbocycles. The van der Waals surface area contributed by atoms with Crippen LogP contribution in [-0.4, -0.2) is 5.25 Å². The maximum absolute atomic E-state index is 2.34. The molecule has 22 heavy (non-hydrogen) atoms. The Bertz CT molecular complexity index is 725. The molecule has 0 unspecified atom stereocenters. The van der Waals surface area contributed by atoms with Crippen molar-refractivity contribution in [2.45, 2.75) is 42.4 Å². The predicted octanol–water partition coefficient (Wildman–Crippen LogP) is 4.58. The minimum Gasteiger partial charge on any atom is -0.195 e. The Labute approximate surface area is 137 Å². The standard InChI is InChI=1S/C20H24NS/c1-21-9-8-14-4-2-3-5-16(14)20(21)22-19-7-6-15-10-13-11-17(15)18(19)12-13/h2-5,8-9,13,15,17-19H,6-7,10-12H2,1H3/q+1/t13-,15-,17+,18+,19-/m1/s1. The fraction of sp³-hybridized carbons (Fsp3) is 0.550. The Morgan fingerprint density at radius 3 is 2.77 bits per heavy atom. The highest BCUT2D eigenvalue weighted by Crippen LogP contribution is 2.60. The van der Waals surface area contributed by atoms with E-state index >= 15 is 0 Å². The largest absolute Gasteiger partial charge is 0.248 e. The van der Waals surface area contributed by atoms with Gasteiger partial charge in [-0.2, -0.15) is 4.57 Å². The quantitative estimate of drug-likeness (QED) is 0.734. The van der Waals surface area contributed by atoms with E-state index < -0.39 is 0 Å². The van der Waals surface area contributed by atoms with Gasteiger partial charge in [0.25, 0.3) is 0 Å². The molecule has 1 aromatic heterocycles. The van der Waals surface area contributed by atoms with Crippen molar-refractivity contribution in [3.05, 3.63) is 36.5 Å². The predicted molar refractivity (Wildman–Crippen MR) is 91.8 cm³/mol. The molecule has 114 valence electrons. The van der Waals surface area contributed by atoms with E-state index in [4.69, 9.17) is 0 Å². The van der Waals surface area contributed by atoms with Gasteiger partial charge in [0, 0.05) is 11.3 Å². The highest BCUT2D eigenvalue weighted by molar-refractivity contribution is 8.00. The Morgan fingerprint density at radius 1 is 1.00 bits per heavy atom. The molecule has 0 amide bonds. The smallest absolute Gasteiger partial charge is 0.195 e. The second kappa shape index (κ2) is 4.99. The van der Waals surface area contributed by atoms with Gasteiger partial charge in [-0.25, -0.2) is 0 Å². The fourth-order valence-corrected chi connectivity index (χ4v) is 7.20. The van der Waals surface area contributed by atoms with Crippen molar-refractivity contribution in [3.63, 3.8) is 0 Å². The summed E-state index contributed by atoms with van der Waals surface area (Å²) in [5.41, 5.74) is 0. The van der Waals surface area contributed by atoms with Gasteiger partial charge >= 0.3 is 0 Å². The van der Waals surface area contributed by atoms with E-state index in [0.717, 1.165) is 28.9 Å². The van der Waals surface area contributed by atoms with E-state index in [1.165, 1.54) is 35.1 Å². The molecule has 2 aromatic rings. The van der Waals surface area contributed by atoms with Gasteiger partial charge < -0.3 is 0 Å². The van der Waals surface area contributed by atoms with Crippen LogP contribution < -0.4 is 4.57 Å². The van der Waals surface area contributed by atoms with Crippen molar-refractivity contribution in [2.75, 3.05) is 0 Å². The van der Waals surface area contributed by atoms with Crippen LogP contribution in [0.1, 0.15) is 32.1 Å². The summed E-state index contributed by atoms with van der Waals surface area (Å²) in [6, 6.07) is 11.1. The summed E-state index contributed by atoms with van der Waals surface area (Å²) < 4.78 is 2.34. The molecule has 5 rings (SSSR count). The van der Waals surface area contributed by atoms with Gasteiger partial charge in [-0.05, 0) is 67.2 Å². The molecular weight excluding hydrogens is 286 g/mol. The molecule has 0 spiro atoms. The molecule has 0 N–H and O–H groups in total. The monoisotopic (exact) mass is 310 g/mol. The molecule has 0 saturated heterocycles. The van der Waals surface area contributed by atoms with Gasteiger partial charge in [0.2, 0.25) is 5.03 Å². The van der Waals surface area contributed by atoms with Gasteiger partial charge in [0.1, 0.15) is 7.05 Å². The third-order valence-electron chi connectivity index (χ3n) is 6.55. The second-order valence-electron chi connectivity index (χ2n) is 7.71. The molecule has 5 atom stereocenters. The fourth-order valence-electron chi connectivity index (χ4n) is 5.63. The van der Waals surface area contributed by atoms with Crippen LogP contribution in [0.3, 0.4) is 0 Å². The van der Waals surface area contributed by atoms with Gasteiger partial charge in [-0.3, -0.25) is 0 Å². The lowest BCUT2D eigenvalue weighted by molar-refractivity contribution is -0.706. The van der Waals surface area contributed by atoms with E-state index in [1.807, 2.05) is 0 Å². The van der Waals surface area contributed by atoms with Crippen LogP contribution in [0.15, 0.2) is 41.6 Å². The summed E-state index contributed by atoms with van der Waals surface area (Å²) in [6.45, 7) is 0. The third-order valence-corrected chi connectivity index (χ3v) is 8.17. The van der Waals surface area contributed by atoms with E-state index in [-0.39, 0.29) is 0 Å². The van der Waals surface area contributed by atoms with Crippen LogP contribution in [0, 0.1) is 23.7 Å². The Balaban J connectivity index is 1.50. The topological polar surface area (TPSA) is 3.88 Å². The first-order chi connectivity index (χ1) is 10.8. The minimum atomic E-state index is 0.851. The number of benzene rings is 1. The molecule has 0 aliphatic heterocycles. The molecule has 2 bridgehead atoms. The van der Waals surface area contributed by atoms with Crippen LogP contribution in [0.4, 0.5) is 0 Å². The van der Waals surface area contributed by atoms with Crippen molar-refractivity contribution < 1.29 is 4.57 Å². The zero-order valence-electron chi connectivity index (χ0n) is 13.2. The van der Waals surface area contributed by atoms with Gasteiger partial charge in [0.05, 0.1) is 5.39 Å². The molecule has 0 radical (unpaired) electrons. The van der Waals surface area contributed by atoms with Crippen LogP contribution >= 0.6 is 11.8 Å². The average molecular weight is 310 g/mol. The second-order valence-corrected chi connectivity index (χ2v) is 8.94. The zero-order valence-corrected chi connectivity index (χ0v) is 14.1. The number of thioether (sulfide) groups is 1. The average Bonchev–Trinajstić information content (AvgIpc) is 3.13. The maximum atomic E-state index is 2.34. The number of hydrogen-bond donors (Lipinski definition) is 0. The van der Waals surface area contributed by atoms with Crippen molar-refractivity contribution in [1.29, 1.82) is 0 Å². The van der Waals surface area contributed by atoms with Crippen molar-refractivity contribution >= 4 is 22.5 Å². The van der Waals surface area contributed by atoms with E-state index in [2.05, 4.69) is 59.9 Å². The number of aromatic nitrogens is 1. The molecule has 3 saturated carbocycles. The molecule has 3 fully saturated rings. The van der Waals surface area contributed by atoms with E-state index in [1.54, 1.807) is 12.8 Å². The summed E-state index contributed by atoms with van der Waals surface area (Å²) in [6.07, 6.45) is 9.79. The maximum Gasteiger partial charge on any atom is 0.248 e. The first kappa shape index (κ1) is 13.4. The number of aryl methyl sites for hydroxylation is 1. The number of pyridine rings is 1. The van der Waals surface area contributed by atoms with Crippen molar-refractivity contribution in [1.82, 2.24) is 0 Å². The van der Waals surface area contributed by atoms with Crippen LogP contribution in [-0.2, 0) is 7.05 Å².